The molecule has 15 heteroatoms. The van der Waals surface area contributed by atoms with Gasteiger partial charge in [-0.15, -0.1) is 5.10 Å². The number of nitrogens with two attached hydrogens (primary N) is 1. The summed E-state index contributed by atoms with van der Waals surface area (Å²) in [5.41, 5.74) is 5.17. The zero-order valence-corrected chi connectivity index (χ0v) is 31.0. The topological polar surface area (TPSA) is 188 Å². The van der Waals surface area contributed by atoms with Crippen molar-refractivity contribution >= 4 is 25.5 Å². The number of thioether (sulfide) groups is 1. The molecule has 1 aliphatic rings. The van der Waals surface area contributed by atoms with Crippen LogP contribution in [0.25, 0.3) is 0 Å². The average molecular weight is 723 g/mol. The van der Waals surface area contributed by atoms with E-state index < -0.39 is 44.9 Å². The molecule has 0 saturated carbocycles. The van der Waals surface area contributed by atoms with Crippen molar-refractivity contribution in [3.63, 3.8) is 0 Å². The maximum Gasteiger partial charge on any atom is 0.472 e. The number of aliphatic hydroxyl groups excluding tert-OH is 2. The number of phosphoric acid groups is 1. The normalized spacial score (nSPS) is 21.4. The smallest absolute Gasteiger partial charge is 0.387 e. The maximum absolute atomic E-state index is 12.8. The second-order valence-corrected chi connectivity index (χ2v) is 15.3. The van der Waals surface area contributed by atoms with Crippen LogP contribution in [0.15, 0.2) is 6.33 Å². The standard InChI is InChI=1S/C33H63N4O9PS/c1-3-5-7-9-11-13-14-16-18-20-22-48-25-27(43-21-19-17-15-12-10-8-6-4-2)23-44-47(41,42)45-24-28-29(38)30(39)33(46-28)37-26-35-32(36-37)31(34)40/h26-30,33,38-39H,3-25H2,1-2H3,(H2,34,40)(H,41,42)/t27?,28-,29-,30-,33-/m1/s1. The van der Waals surface area contributed by atoms with E-state index in [-0.39, 0.29) is 18.5 Å². The number of ether oxygens (including phenoxy) is 2. The molecule has 2 unspecified atom stereocenters. The number of amides is 1. The molecule has 1 saturated heterocycles. The fraction of sp³-hybridized carbons (Fsp3) is 0.909. The summed E-state index contributed by atoms with van der Waals surface area (Å²) >= 11 is 1.76. The minimum Gasteiger partial charge on any atom is -0.387 e. The molecule has 0 bridgehead atoms. The van der Waals surface area contributed by atoms with Crippen LogP contribution in [0, 0.1) is 0 Å². The van der Waals surface area contributed by atoms with Crippen molar-refractivity contribution in [1.82, 2.24) is 14.8 Å². The lowest BCUT2D eigenvalue weighted by Crippen LogP contribution is -2.34. The third-order valence-corrected chi connectivity index (χ3v) is 10.6. The molecule has 1 aliphatic heterocycles. The molecule has 0 aromatic carbocycles. The number of unbranched alkanes of at least 4 members (excludes halogenated alkanes) is 16. The molecule has 1 amide bonds. The van der Waals surface area contributed by atoms with E-state index in [4.69, 9.17) is 24.3 Å². The van der Waals surface area contributed by atoms with Gasteiger partial charge in [-0.2, -0.15) is 11.8 Å². The Balaban J connectivity index is 1.74. The van der Waals surface area contributed by atoms with Crippen molar-refractivity contribution in [3.8, 4) is 0 Å². The Labute approximate surface area is 292 Å². The van der Waals surface area contributed by atoms with Crippen LogP contribution in [0.4, 0.5) is 0 Å². The summed E-state index contributed by atoms with van der Waals surface area (Å²) in [4.78, 5) is 25.4. The fourth-order valence-electron chi connectivity index (χ4n) is 5.51. The van der Waals surface area contributed by atoms with Crippen molar-refractivity contribution in [2.24, 2.45) is 5.73 Å². The molecular formula is C33H63N4O9PS. The molecule has 48 heavy (non-hydrogen) atoms. The molecule has 0 radical (unpaired) electrons. The van der Waals surface area contributed by atoms with Crippen molar-refractivity contribution in [1.29, 1.82) is 0 Å². The predicted molar refractivity (Wildman–Crippen MR) is 188 cm³/mol. The summed E-state index contributed by atoms with van der Waals surface area (Å²) in [6.07, 6.45) is 17.8. The van der Waals surface area contributed by atoms with Gasteiger partial charge in [-0.05, 0) is 18.6 Å². The lowest BCUT2D eigenvalue weighted by Gasteiger charge is -2.21. The molecule has 2 heterocycles. The summed E-state index contributed by atoms with van der Waals surface area (Å²) in [6.45, 7) is 4.36. The summed E-state index contributed by atoms with van der Waals surface area (Å²) in [5, 5.41) is 24.7. The van der Waals surface area contributed by atoms with E-state index in [1.165, 1.54) is 96.3 Å². The third-order valence-electron chi connectivity index (χ3n) is 8.45. The van der Waals surface area contributed by atoms with Gasteiger partial charge in [-0.25, -0.2) is 14.2 Å². The SMILES string of the molecule is CCCCCCCCCCCCSCC(COP(=O)(O)OC[C@H]1O[C@@H](n2cnc(C(N)=O)n2)[C@H](O)[C@@H]1O)OCCCCCCCCCC. The highest BCUT2D eigenvalue weighted by atomic mass is 32.2. The summed E-state index contributed by atoms with van der Waals surface area (Å²) in [5.74, 6) is 0.485. The van der Waals surface area contributed by atoms with Crippen LogP contribution < -0.4 is 5.73 Å². The molecule has 13 nitrogen and oxygen atoms in total. The number of hydrogen-bond donors (Lipinski definition) is 4. The highest BCUT2D eigenvalue weighted by Gasteiger charge is 2.45. The van der Waals surface area contributed by atoms with Gasteiger partial charge in [-0.3, -0.25) is 13.8 Å². The van der Waals surface area contributed by atoms with Crippen LogP contribution >= 0.6 is 19.6 Å². The number of aromatic nitrogens is 3. The molecule has 1 fully saturated rings. The average Bonchev–Trinajstić information content (AvgIpc) is 3.67. The van der Waals surface area contributed by atoms with Crippen molar-refractivity contribution in [2.45, 2.75) is 160 Å². The highest BCUT2D eigenvalue weighted by molar-refractivity contribution is 7.99. The molecule has 1 aromatic rings. The van der Waals surface area contributed by atoms with Crippen molar-refractivity contribution in [3.05, 3.63) is 12.2 Å². The van der Waals surface area contributed by atoms with Gasteiger partial charge in [0, 0.05) is 12.4 Å². The minimum absolute atomic E-state index is 0.121. The second kappa shape index (κ2) is 25.8. The number of primary amides is 1. The molecule has 1 aromatic heterocycles. The van der Waals surface area contributed by atoms with Gasteiger partial charge in [-0.1, -0.05) is 117 Å². The first-order chi connectivity index (χ1) is 23.2. The van der Waals surface area contributed by atoms with E-state index in [2.05, 4.69) is 23.9 Å². The Hall–Kier alpha value is -1.09. The number of carbonyl (C=O) groups is 1. The fourth-order valence-corrected chi connectivity index (χ4v) is 7.31. The number of aliphatic hydroxyl groups is 2. The Kier molecular flexibility index (Phi) is 23.2. The molecule has 0 spiro atoms. The monoisotopic (exact) mass is 722 g/mol. The number of carbonyl (C=O) groups excluding carboxylic acids is 1. The quantitative estimate of drug-likeness (QED) is 0.0495. The van der Waals surface area contributed by atoms with Crippen LogP contribution in [0.3, 0.4) is 0 Å². The molecule has 5 N–H and O–H groups in total. The Morgan fingerprint density at radius 1 is 0.917 bits per heavy atom. The summed E-state index contributed by atoms with van der Waals surface area (Å²) in [6, 6.07) is 0. The van der Waals surface area contributed by atoms with E-state index in [1.54, 1.807) is 11.8 Å². The van der Waals surface area contributed by atoms with Crippen molar-refractivity contribution in [2.75, 3.05) is 31.3 Å². The second-order valence-electron chi connectivity index (χ2n) is 12.7. The van der Waals surface area contributed by atoms with Crippen LogP contribution in [0.1, 0.15) is 146 Å². The Bertz CT molecular complexity index is 1020. The van der Waals surface area contributed by atoms with Gasteiger partial charge in [0.05, 0.1) is 19.3 Å². The van der Waals surface area contributed by atoms with E-state index in [9.17, 15) is 24.5 Å². The summed E-state index contributed by atoms with van der Waals surface area (Å²) in [7, 11) is -4.54. The van der Waals surface area contributed by atoms with Gasteiger partial charge in [0.25, 0.3) is 5.91 Å². The molecule has 6 atom stereocenters. The van der Waals surface area contributed by atoms with Gasteiger partial charge < -0.3 is 30.3 Å². The first kappa shape index (κ1) is 43.1. The zero-order chi connectivity index (χ0) is 35.0. The number of nitrogens with zero attached hydrogens (tertiary/aromatic N) is 3. The lowest BCUT2D eigenvalue weighted by atomic mass is 10.1. The Morgan fingerprint density at radius 2 is 1.48 bits per heavy atom. The first-order valence-corrected chi connectivity index (χ1v) is 20.9. The van der Waals surface area contributed by atoms with Crippen LogP contribution in [0.5, 0.6) is 0 Å². The number of hydrogen-bond acceptors (Lipinski definition) is 11. The van der Waals surface area contributed by atoms with E-state index >= 15 is 0 Å². The lowest BCUT2D eigenvalue weighted by molar-refractivity contribution is -0.0600. The molecule has 280 valence electrons. The van der Waals surface area contributed by atoms with Gasteiger partial charge in [0.2, 0.25) is 5.82 Å². The number of rotatable bonds is 31. The predicted octanol–water partition coefficient (Wildman–Crippen LogP) is 6.31. The van der Waals surface area contributed by atoms with Gasteiger partial charge in [0.1, 0.15) is 24.6 Å². The Morgan fingerprint density at radius 3 is 2.04 bits per heavy atom. The maximum atomic E-state index is 12.8. The van der Waals surface area contributed by atoms with E-state index in [1.807, 2.05) is 0 Å². The number of phosphoric ester groups is 1. The van der Waals surface area contributed by atoms with Crippen molar-refractivity contribution < 1.29 is 43.0 Å². The highest BCUT2D eigenvalue weighted by Crippen LogP contribution is 2.44. The molecular weight excluding hydrogens is 659 g/mol. The third kappa shape index (κ3) is 18.2. The minimum atomic E-state index is -4.54. The zero-order valence-electron chi connectivity index (χ0n) is 29.3. The van der Waals surface area contributed by atoms with E-state index in [0.29, 0.717) is 12.4 Å². The molecule has 2 rings (SSSR count). The first-order valence-electron chi connectivity index (χ1n) is 18.2. The summed E-state index contributed by atoms with van der Waals surface area (Å²) < 4.78 is 35.9. The van der Waals surface area contributed by atoms with Gasteiger partial charge in [0.15, 0.2) is 6.23 Å². The largest absolute Gasteiger partial charge is 0.472 e. The van der Waals surface area contributed by atoms with Crippen LogP contribution in [-0.2, 0) is 23.1 Å². The molecule has 0 aliphatic carbocycles. The van der Waals surface area contributed by atoms with Crippen LogP contribution in [-0.4, -0.2) is 91.5 Å². The van der Waals surface area contributed by atoms with Gasteiger partial charge >= 0.3 is 7.82 Å². The van der Waals surface area contributed by atoms with Crippen LogP contribution in [0.2, 0.25) is 0 Å². The van der Waals surface area contributed by atoms with E-state index in [0.717, 1.165) is 36.0 Å².